The molecule has 1 unspecified atom stereocenters. The molecule has 1 fully saturated rings. The lowest BCUT2D eigenvalue weighted by Crippen LogP contribution is -2.45. The van der Waals surface area contributed by atoms with Gasteiger partial charge in [-0.1, -0.05) is 13.0 Å². The standard InChI is InChI=1S/C12H20N2S/c1-3-11(12-5-4-10-15-12)14-8-6-13(2)7-9-14/h4-5,10-11H,3,6-9H2,1-2H3. The summed E-state index contributed by atoms with van der Waals surface area (Å²) in [7, 11) is 2.21. The number of hydrogen-bond acceptors (Lipinski definition) is 3. The molecule has 1 saturated heterocycles. The van der Waals surface area contributed by atoms with Crippen LogP contribution in [0.3, 0.4) is 0 Å². The molecular formula is C12H20N2S. The zero-order valence-corrected chi connectivity index (χ0v) is 10.5. The van der Waals surface area contributed by atoms with Crippen LogP contribution in [0.2, 0.25) is 0 Å². The zero-order chi connectivity index (χ0) is 10.7. The molecule has 1 aliphatic heterocycles. The predicted molar refractivity (Wildman–Crippen MR) is 66.4 cm³/mol. The first-order valence-corrected chi connectivity index (χ1v) is 6.65. The minimum Gasteiger partial charge on any atom is -0.304 e. The highest BCUT2D eigenvalue weighted by atomic mass is 32.1. The van der Waals surface area contributed by atoms with Gasteiger partial charge < -0.3 is 4.90 Å². The van der Waals surface area contributed by atoms with E-state index in [-0.39, 0.29) is 0 Å². The second-order valence-electron chi connectivity index (χ2n) is 4.28. The minimum absolute atomic E-state index is 0.652. The van der Waals surface area contributed by atoms with Crippen molar-refractivity contribution in [3.05, 3.63) is 22.4 Å². The third kappa shape index (κ3) is 2.60. The average molecular weight is 224 g/mol. The Balaban J connectivity index is 2.01. The molecule has 3 heteroatoms. The van der Waals surface area contributed by atoms with E-state index in [9.17, 15) is 0 Å². The van der Waals surface area contributed by atoms with Gasteiger partial charge in [0.05, 0.1) is 0 Å². The van der Waals surface area contributed by atoms with Crippen LogP contribution in [0.15, 0.2) is 17.5 Å². The Morgan fingerprint density at radius 3 is 2.60 bits per heavy atom. The van der Waals surface area contributed by atoms with Crippen molar-refractivity contribution in [2.75, 3.05) is 33.2 Å². The summed E-state index contributed by atoms with van der Waals surface area (Å²) in [6, 6.07) is 5.09. The van der Waals surface area contributed by atoms with Gasteiger partial charge in [-0.25, -0.2) is 0 Å². The van der Waals surface area contributed by atoms with Crippen LogP contribution >= 0.6 is 11.3 Å². The molecule has 0 aromatic carbocycles. The fourth-order valence-corrected chi connectivity index (χ4v) is 3.20. The number of rotatable bonds is 3. The monoisotopic (exact) mass is 224 g/mol. The van der Waals surface area contributed by atoms with Crippen molar-refractivity contribution in [1.82, 2.24) is 9.80 Å². The first-order valence-electron chi connectivity index (χ1n) is 5.77. The molecule has 0 N–H and O–H groups in total. The van der Waals surface area contributed by atoms with Crippen molar-refractivity contribution in [3.63, 3.8) is 0 Å². The van der Waals surface area contributed by atoms with Crippen LogP contribution in [0.4, 0.5) is 0 Å². The second kappa shape index (κ2) is 5.10. The van der Waals surface area contributed by atoms with Crippen molar-refractivity contribution in [3.8, 4) is 0 Å². The lowest BCUT2D eigenvalue weighted by atomic mass is 10.1. The van der Waals surface area contributed by atoms with Gasteiger partial charge in [0.25, 0.3) is 0 Å². The predicted octanol–water partition coefficient (Wildman–Crippen LogP) is 2.45. The van der Waals surface area contributed by atoms with E-state index in [0.29, 0.717) is 6.04 Å². The number of thiophene rings is 1. The number of piperazine rings is 1. The molecule has 84 valence electrons. The SMILES string of the molecule is CCC(c1cccs1)N1CCN(C)CC1. The Bertz CT molecular complexity index is 276. The maximum Gasteiger partial charge on any atom is 0.0439 e. The van der Waals surface area contributed by atoms with E-state index in [0.717, 1.165) is 0 Å². The molecule has 1 aromatic heterocycles. The van der Waals surface area contributed by atoms with Crippen LogP contribution in [0.1, 0.15) is 24.3 Å². The molecule has 15 heavy (non-hydrogen) atoms. The number of likely N-dealkylation sites (N-methyl/N-ethyl adjacent to an activating group) is 1. The maximum atomic E-state index is 2.63. The van der Waals surface area contributed by atoms with Crippen LogP contribution in [0, 0.1) is 0 Å². The molecule has 0 aliphatic carbocycles. The molecule has 1 atom stereocenters. The van der Waals surface area contributed by atoms with E-state index < -0.39 is 0 Å². The van der Waals surface area contributed by atoms with Gasteiger partial charge in [0.2, 0.25) is 0 Å². The van der Waals surface area contributed by atoms with Gasteiger partial charge in [0.15, 0.2) is 0 Å². The van der Waals surface area contributed by atoms with Gasteiger partial charge in [0, 0.05) is 37.1 Å². The summed E-state index contributed by atoms with van der Waals surface area (Å²) >= 11 is 1.89. The Kier molecular flexibility index (Phi) is 3.78. The smallest absolute Gasteiger partial charge is 0.0439 e. The Morgan fingerprint density at radius 1 is 1.33 bits per heavy atom. The molecule has 0 radical (unpaired) electrons. The van der Waals surface area contributed by atoms with E-state index in [1.54, 1.807) is 0 Å². The maximum absolute atomic E-state index is 2.63. The van der Waals surface area contributed by atoms with Crippen molar-refractivity contribution in [2.45, 2.75) is 19.4 Å². The van der Waals surface area contributed by atoms with E-state index in [4.69, 9.17) is 0 Å². The van der Waals surface area contributed by atoms with Crippen LogP contribution in [-0.2, 0) is 0 Å². The molecule has 0 spiro atoms. The average Bonchev–Trinajstić information content (AvgIpc) is 2.75. The molecule has 0 saturated carbocycles. The molecule has 0 amide bonds. The number of nitrogens with zero attached hydrogens (tertiary/aromatic N) is 2. The normalized spacial score (nSPS) is 21.7. The molecule has 0 bridgehead atoms. The lowest BCUT2D eigenvalue weighted by Gasteiger charge is -2.37. The van der Waals surface area contributed by atoms with Gasteiger partial charge in [-0.15, -0.1) is 11.3 Å². The summed E-state index contributed by atoms with van der Waals surface area (Å²) in [6.45, 7) is 7.15. The number of hydrogen-bond donors (Lipinski definition) is 0. The highest BCUT2D eigenvalue weighted by Crippen LogP contribution is 2.28. The van der Waals surface area contributed by atoms with E-state index in [1.807, 2.05) is 11.3 Å². The van der Waals surface area contributed by atoms with Crippen molar-refractivity contribution in [2.24, 2.45) is 0 Å². The summed E-state index contributed by atoms with van der Waals surface area (Å²) in [4.78, 5) is 6.57. The second-order valence-corrected chi connectivity index (χ2v) is 5.26. The quantitative estimate of drug-likeness (QED) is 0.778. The summed E-state index contributed by atoms with van der Waals surface area (Å²) in [5.41, 5.74) is 0. The molecule has 2 heterocycles. The molecule has 2 nitrogen and oxygen atoms in total. The molecule has 2 rings (SSSR count). The molecular weight excluding hydrogens is 204 g/mol. The van der Waals surface area contributed by atoms with Gasteiger partial charge in [-0.3, -0.25) is 4.90 Å². The molecule has 1 aromatic rings. The minimum atomic E-state index is 0.652. The fourth-order valence-electron chi connectivity index (χ4n) is 2.25. The highest BCUT2D eigenvalue weighted by Gasteiger charge is 2.22. The van der Waals surface area contributed by atoms with Crippen molar-refractivity contribution in [1.29, 1.82) is 0 Å². The van der Waals surface area contributed by atoms with Gasteiger partial charge in [-0.2, -0.15) is 0 Å². The summed E-state index contributed by atoms with van der Waals surface area (Å²) in [6.07, 6.45) is 1.23. The zero-order valence-electron chi connectivity index (χ0n) is 9.65. The third-order valence-corrected chi connectivity index (χ3v) is 4.21. The van der Waals surface area contributed by atoms with Crippen LogP contribution in [-0.4, -0.2) is 43.0 Å². The highest BCUT2D eigenvalue weighted by molar-refractivity contribution is 7.10. The summed E-state index contributed by atoms with van der Waals surface area (Å²) < 4.78 is 0. The van der Waals surface area contributed by atoms with Crippen LogP contribution in [0.25, 0.3) is 0 Å². The topological polar surface area (TPSA) is 6.48 Å². The van der Waals surface area contributed by atoms with E-state index in [1.165, 1.54) is 37.5 Å². The van der Waals surface area contributed by atoms with Crippen LogP contribution < -0.4 is 0 Å². The first kappa shape index (κ1) is 11.1. The fraction of sp³-hybridized carbons (Fsp3) is 0.667. The molecule has 1 aliphatic rings. The first-order chi connectivity index (χ1) is 7.31. The summed E-state index contributed by atoms with van der Waals surface area (Å²) in [5.74, 6) is 0. The van der Waals surface area contributed by atoms with E-state index >= 15 is 0 Å². The van der Waals surface area contributed by atoms with Gasteiger partial charge >= 0.3 is 0 Å². The largest absolute Gasteiger partial charge is 0.304 e. The van der Waals surface area contributed by atoms with Crippen molar-refractivity contribution >= 4 is 11.3 Å². The lowest BCUT2D eigenvalue weighted by molar-refractivity contribution is 0.110. The third-order valence-electron chi connectivity index (χ3n) is 3.24. The Hall–Kier alpha value is -0.380. The Labute approximate surface area is 96.5 Å². The van der Waals surface area contributed by atoms with Gasteiger partial charge in [-0.05, 0) is 24.9 Å². The van der Waals surface area contributed by atoms with Crippen molar-refractivity contribution < 1.29 is 0 Å². The van der Waals surface area contributed by atoms with Gasteiger partial charge in [0.1, 0.15) is 0 Å². The Morgan fingerprint density at radius 2 is 2.07 bits per heavy atom. The summed E-state index contributed by atoms with van der Waals surface area (Å²) in [5, 5.41) is 2.19. The van der Waals surface area contributed by atoms with E-state index in [2.05, 4.69) is 41.3 Å². The van der Waals surface area contributed by atoms with Crippen LogP contribution in [0.5, 0.6) is 0 Å².